The van der Waals surface area contributed by atoms with Gasteiger partial charge in [-0.1, -0.05) is 23.7 Å². The Labute approximate surface area is 173 Å². The van der Waals surface area contributed by atoms with Gasteiger partial charge in [0.1, 0.15) is 6.04 Å². The number of anilines is 2. The molecule has 1 aromatic heterocycles. The van der Waals surface area contributed by atoms with Gasteiger partial charge in [0.05, 0.1) is 17.5 Å². The first kappa shape index (κ1) is 19.4. The average molecular weight is 413 g/mol. The van der Waals surface area contributed by atoms with Crippen LogP contribution in [0.5, 0.6) is 0 Å². The molecule has 2 heterocycles. The van der Waals surface area contributed by atoms with E-state index in [-0.39, 0.29) is 18.2 Å². The Morgan fingerprint density at radius 3 is 2.72 bits per heavy atom. The Kier molecular flexibility index (Phi) is 5.51. The number of benzene rings is 2. The molecule has 0 fully saturated rings. The molecule has 2 aromatic carbocycles. The van der Waals surface area contributed by atoms with Crippen LogP contribution in [0.1, 0.15) is 18.9 Å². The maximum atomic E-state index is 13.1. The minimum Gasteiger partial charge on any atom is -0.385 e. The summed E-state index contributed by atoms with van der Waals surface area (Å²) in [6.07, 6.45) is 0.713. The van der Waals surface area contributed by atoms with Crippen molar-refractivity contribution >= 4 is 46.1 Å². The van der Waals surface area contributed by atoms with Crippen LogP contribution in [0.2, 0.25) is 5.02 Å². The van der Waals surface area contributed by atoms with E-state index in [0.717, 1.165) is 11.0 Å². The number of hydrogen-bond acceptors (Lipinski definition) is 4. The standard InChI is InChI=1S/C21H21ClN4O3/c1-29-12-4-11-25-20(28)18(13-19(27)23-15-9-7-14(22)8-10-15)26-17-6-3-2-5-16(17)24-21(25)26/h2-3,5-10,18H,4,11-13H2,1H3,(H,23,27). The molecule has 0 saturated carbocycles. The Morgan fingerprint density at radius 1 is 1.21 bits per heavy atom. The molecule has 1 unspecified atom stereocenters. The van der Waals surface area contributed by atoms with Crippen LogP contribution in [0, 0.1) is 0 Å². The van der Waals surface area contributed by atoms with Crippen LogP contribution < -0.4 is 10.2 Å². The highest BCUT2D eigenvalue weighted by Crippen LogP contribution is 2.36. The number of methoxy groups -OCH3 is 1. The number of ether oxygens (including phenoxy) is 1. The van der Waals surface area contributed by atoms with Crippen LogP contribution in [0.4, 0.5) is 11.6 Å². The van der Waals surface area contributed by atoms with Gasteiger partial charge in [-0.15, -0.1) is 0 Å². The third kappa shape index (κ3) is 3.83. The lowest BCUT2D eigenvalue weighted by Gasteiger charge is -2.15. The molecule has 1 atom stereocenters. The van der Waals surface area contributed by atoms with Crippen LogP contribution in [-0.2, 0) is 14.3 Å². The third-order valence-electron chi connectivity index (χ3n) is 4.92. The highest BCUT2D eigenvalue weighted by atomic mass is 35.5. The van der Waals surface area contributed by atoms with Crippen molar-refractivity contribution in [3.63, 3.8) is 0 Å². The molecule has 1 aliphatic heterocycles. The Hall–Kier alpha value is -2.90. The fourth-order valence-corrected chi connectivity index (χ4v) is 3.72. The molecule has 3 aromatic rings. The van der Waals surface area contributed by atoms with E-state index in [0.29, 0.717) is 36.2 Å². The second kappa shape index (κ2) is 8.23. The van der Waals surface area contributed by atoms with Crippen molar-refractivity contribution in [2.75, 3.05) is 30.5 Å². The third-order valence-corrected chi connectivity index (χ3v) is 5.17. The topological polar surface area (TPSA) is 76.5 Å². The molecular weight excluding hydrogens is 392 g/mol. The van der Waals surface area contributed by atoms with Crippen LogP contribution in [0.15, 0.2) is 48.5 Å². The zero-order valence-corrected chi connectivity index (χ0v) is 16.7. The molecule has 0 bridgehead atoms. The lowest BCUT2D eigenvalue weighted by atomic mass is 10.1. The van der Waals surface area contributed by atoms with E-state index in [2.05, 4.69) is 10.3 Å². The second-order valence-corrected chi connectivity index (χ2v) is 7.32. The maximum absolute atomic E-state index is 13.1. The van der Waals surface area contributed by atoms with Crippen LogP contribution in [0.25, 0.3) is 11.0 Å². The lowest BCUT2D eigenvalue weighted by molar-refractivity contribution is -0.124. The fraction of sp³-hybridized carbons (Fsp3) is 0.286. The zero-order chi connectivity index (χ0) is 20.4. The normalized spacial score (nSPS) is 15.7. The second-order valence-electron chi connectivity index (χ2n) is 6.88. The van der Waals surface area contributed by atoms with E-state index in [1.165, 1.54) is 0 Å². The Balaban J connectivity index is 1.60. The minimum atomic E-state index is -0.632. The summed E-state index contributed by atoms with van der Waals surface area (Å²) in [4.78, 5) is 32.1. The van der Waals surface area contributed by atoms with Crippen molar-refractivity contribution in [1.29, 1.82) is 0 Å². The Morgan fingerprint density at radius 2 is 1.97 bits per heavy atom. The summed E-state index contributed by atoms with van der Waals surface area (Å²) in [5, 5.41) is 3.43. The minimum absolute atomic E-state index is 0.0234. The first-order valence-corrected chi connectivity index (χ1v) is 9.79. The van der Waals surface area contributed by atoms with Crippen LogP contribution in [-0.4, -0.2) is 41.6 Å². The van der Waals surface area contributed by atoms with E-state index < -0.39 is 6.04 Å². The van der Waals surface area contributed by atoms with Crippen molar-refractivity contribution in [2.24, 2.45) is 0 Å². The summed E-state index contributed by atoms with van der Waals surface area (Å²) < 4.78 is 6.98. The van der Waals surface area contributed by atoms with Crippen molar-refractivity contribution < 1.29 is 14.3 Å². The molecule has 7 nitrogen and oxygen atoms in total. The summed E-state index contributed by atoms with van der Waals surface area (Å²) in [6.45, 7) is 1.04. The molecule has 0 radical (unpaired) electrons. The van der Waals surface area contributed by atoms with Gasteiger partial charge in [-0.25, -0.2) is 4.98 Å². The van der Waals surface area contributed by atoms with Gasteiger partial charge in [-0.05, 0) is 42.8 Å². The number of hydrogen-bond donors (Lipinski definition) is 1. The number of rotatable bonds is 7. The first-order valence-electron chi connectivity index (χ1n) is 9.41. The molecule has 29 heavy (non-hydrogen) atoms. The molecular formula is C21H21ClN4O3. The van der Waals surface area contributed by atoms with E-state index in [4.69, 9.17) is 16.3 Å². The predicted molar refractivity (Wildman–Crippen MR) is 112 cm³/mol. The number of halogens is 1. The zero-order valence-electron chi connectivity index (χ0n) is 16.0. The number of amides is 2. The predicted octanol–water partition coefficient (Wildman–Crippen LogP) is 3.64. The molecule has 0 spiro atoms. The molecule has 4 rings (SSSR count). The highest BCUT2D eigenvalue weighted by molar-refractivity contribution is 6.30. The lowest BCUT2D eigenvalue weighted by Crippen LogP contribution is -2.32. The molecule has 2 amide bonds. The van der Waals surface area contributed by atoms with E-state index in [1.54, 1.807) is 36.3 Å². The molecule has 0 saturated heterocycles. The number of fused-ring (bicyclic) bond motifs is 3. The number of carbonyl (C=O) groups is 2. The number of aromatic nitrogens is 2. The van der Waals surface area contributed by atoms with Gasteiger partial charge in [0.25, 0.3) is 5.91 Å². The number of nitrogens with zero attached hydrogens (tertiary/aromatic N) is 3. The van der Waals surface area contributed by atoms with Crippen molar-refractivity contribution in [3.8, 4) is 0 Å². The van der Waals surface area contributed by atoms with Gasteiger partial charge in [-0.3, -0.25) is 19.1 Å². The number of imidazole rings is 1. The maximum Gasteiger partial charge on any atom is 0.253 e. The van der Waals surface area contributed by atoms with Gasteiger partial charge >= 0.3 is 0 Å². The van der Waals surface area contributed by atoms with E-state index in [9.17, 15) is 9.59 Å². The number of nitrogens with one attached hydrogen (secondary N) is 1. The monoisotopic (exact) mass is 412 g/mol. The number of para-hydroxylation sites is 2. The van der Waals surface area contributed by atoms with Crippen molar-refractivity contribution in [2.45, 2.75) is 18.9 Å². The van der Waals surface area contributed by atoms with E-state index >= 15 is 0 Å². The van der Waals surface area contributed by atoms with Crippen molar-refractivity contribution in [1.82, 2.24) is 9.55 Å². The summed E-state index contributed by atoms with van der Waals surface area (Å²) in [5.74, 6) is 0.213. The summed E-state index contributed by atoms with van der Waals surface area (Å²) in [5.41, 5.74) is 2.28. The molecule has 150 valence electrons. The Bertz CT molecular complexity index is 1050. The quantitative estimate of drug-likeness (QED) is 0.601. The SMILES string of the molecule is COCCCN1C(=O)C(CC(=O)Nc2ccc(Cl)cc2)n2c1nc1ccccc12. The van der Waals surface area contributed by atoms with Crippen molar-refractivity contribution in [3.05, 3.63) is 53.6 Å². The highest BCUT2D eigenvalue weighted by Gasteiger charge is 2.40. The summed E-state index contributed by atoms with van der Waals surface area (Å²) in [6, 6.07) is 13.9. The van der Waals surface area contributed by atoms with Gasteiger partial charge in [0, 0.05) is 31.0 Å². The fourth-order valence-electron chi connectivity index (χ4n) is 3.59. The summed E-state index contributed by atoms with van der Waals surface area (Å²) >= 11 is 5.89. The van der Waals surface area contributed by atoms with Gasteiger partial charge in [0.2, 0.25) is 11.9 Å². The largest absolute Gasteiger partial charge is 0.385 e. The van der Waals surface area contributed by atoms with Gasteiger partial charge in [-0.2, -0.15) is 0 Å². The first-order chi connectivity index (χ1) is 14.1. The molecule has 8 heteroatoms. The van der Waals surface area contributed by atoms with Gasteiger partial charge < -0.3 is 10.1 Å². The molecule has 1 aliphatic rings. The smallest absolute Gasteiger partial charge is 0.253 e. The van der Waals surface area contributed by atoms with E-state index in [1.807, 2.05) is 28.8 Å². The van der Waals surface area contributed by atoms with Crippen LogP contribution in [0.3, 0.4) is 0 Å². The van der Waals surface area contributed by atoms with Gasteiger partial charge in [0.15, 0.2) is 0 Å². The number of carbonyl (C=O) groups excluding carboxylic acids is 2. The summed E-state index contributed by atoms with van der Waals surface area (Å²) in [7, 11) is 1.63. The molecule has 0 aliphatic carbocycles. The van der Waals surface area contributed by atoms with Crippen LogP contribution >= 0.6 is 11.6 Å². The molecule has 1 N–H and O–H groups in total. The average Bonchev–Trinajstić information content (AvgIpc) is 3.20.